The number of amides is 1. The summed E-state index contributed by atoms with van der Waals surface area (Å²) in [5.74, 6) is 1.89. The van der Waals surface area contributed by atoms with Gasteiger partial charge in [-0.15, -0.1) is 10.2 Å². The van der Waals surface area contributed by atoms with Crippen molar-refractivity contribution in [2.24, 2.45) is 0 Å². The summed E-state index contributed by atoms with van der Waals surface area (Å²) in [4.78, 5) is 21.5. The van der Waals surface area contributed by atoms with Crippen LogP contribution in [0.2, 0.25) is 0 Å². The van der Waals surface area contributed by atoms with Crippen LogP contribution in [-0.2, 0) is 10.0 Å². The highest BCUT2D eigenvalue weighted by Gasteiger charge is 2.31. The molecule has 2 saturated heterocycles. The third-order valence-corrected chi connectivity index (χ3v) is 8.06. The van der Waals surface area contributed by atoms with E-state index >= 15 is 0 Å². The van der Waals surface area contributed by atoms with Crippen LogP contribution in [-0.4, -0.2) is 72.9 Å². The first-order chi connectivity index (χ1) is 14.9. The molecular formula is C21H26N6O3S. The Bertz CT molecular complexity index is 1090. The van der Waals surface area contributed by atoms with Crippen molar-refractivity contribution in [3.63, 3.8) is 0 Å². The number of hydrogen-bond donors (Lipinski definition) is 0. The number of piperazine rings is 1. The van der Waals surface area contributed by atoms with E-state index in [-0.39, 0.29) is 23.2 Å². The summed E-state index contributed by atoms with van der Waals surface area (Å²) in [5, 5.41) is 8.02. The number of hydrogen-bond acceptors (Lipinski definition) is 7. The highest BCUT2D eigenvalue weighted by molar-refractivity contribution is 7.93. The van der Waals surface area contributed by atoms with Crippen LogP contribution in [0.3, 0.4) is 0 Å². The van der Waals surface area contributed by atoms with E-state index in [4.69, 9.17) is 4.98 Å². The third kappa shape index (κ3) is 3.96. The fraction of sp³-hybridized carbons (Fsp3) is 0.524. The van der Waals surface area contributed by atoms with Crippen LogP contribution in [0.15, 0.2) is 24.4 Å². The van der Waals surface area contributed by atoms with E-state index in [0.29, 0.717) is 45.1 Å². The molecule has 0 aromatic carbocycles. The van der Waals surface area contributed by atoms with Gasteiger partial charge in [-0.1, -0.05) is 6.07 Å². The summed E-state index contributed by atoms with van der Waals surface area (Å²) in [6.07, 6.45) is 5.10. The van der Waals surface area contributed by atoms with Crippen molar-refractivity contribution in [1.82, 2.24) is 20.1 Å². The van der Waals surface area contributed by atoms with Crippen LogP contribution in [0.5, 0.6) is 0 Å². The molecule has 2 aromatic rings. The Morgan fingerprint density at radius 3 is 2.42 bits per heavy atom. The Labute approximate surface area is 182 Å². The first-order valence-corrected chi connectivity index (χ1v) is 12.4. The van der Waals surface area contributed by atoms with Crippen LogP contribution in [0.4, 0.5) is 11.6 Å². The van der Waals surface area contributed by atoms with Crippen molar-refractivity contribution in [2.75, 3.05) is 47.7 Å². The molecule has 0 N–H and O–H groups in total. The second-order valence-electron chi connectivity index (χ2n) is 8.48. The molecule has 10 heteroatoms. The second kappa shape index (κ2) is 7.74. The number of aromatic nitrogens is 3. The Balaban J connectivity index is 1.22. The van der Waals surface area contributed by atoms with E-state index in [1.807, 2.05) is 6.20 Å². The SMILES string of the molecule is Cc1cc(C2CC2)cnc1N1CCN(C(=O)c2ccc(N3CCCS3(=O)=O)nn2)CC1. The van der Waals surface area contributed by atoms with Crippen LogP contribution in [0, 0.1) is 6.92 Å². The van der Waals surface area contributed by atoms with E-state index in [2.05, 4.69) is 28.1 Å². The zero-order valence-corrected chi connectivity index (χ0v) is 18.4. The first kappa shape index (κ1) is 20.2. The van der Waals surface area contributed by atoms with Crippen molar-refractivity contribution < 1.29 is 13.2 Å². The van der Waals surface area contributed by atoms with Gasteiger partial charge in [0.2, 0.25) is 10.0 Å². The highest BCUT2D eigenvalue weighted by Crippen LogP contribution is 2.40. The number of rotatable bonds is 4. The predicted molar refractivity (Wildman–Crippen MR) is 117 cm³/mol. The Hall–Kier alpha value is -2.75. The van der Waals surface area contributed by atoms with Gasteiger partial charge in [-0.2, -0.15) is 0 Å². The molecule has 0 spiro atoms. The standard InChI is InChI=1S/C21H26N6O3S/c1-15-13-17(16-3-4-16)14-22-20(15)25-8-10-26(11-9-25)21(28)18-5-6-19(24-23-18)27-7-2-12-31(27,29)30/h5-6,13-14,16H,2-4,7-12H2,1H3. The van der Waals surface area contributed by atoms with Gasteiger partial charge in [-0.3, -0.25) is 9.10 Å². The lowest BCUT2D eigenvalue weighted by atomic mass is 10.1. The minimum atomic E-state index is -3.31. The number of sulfonamides is 1. The first-order valence-electron chi connectivity index (χ1n) is 10.8. The predicted octanol–water partition coefficient (Wildman–Crippen LogP) is 1.56. The fourth-order valence-corrected chi connectivity index (χ4v) is 5.82. The molecule has 2 aliphatic heterocycles. The molecule has 1 aliphatic carbocycles. The maximum Gasteiger partial charge on any atom is 0.274 e. The normalized spacial score (nSPS) is 20.9. The van der Waals surface area contributed by atoms with Gasteiger partial charge in [-0.25, -0.2) is 13.4 Å². The molecule has 5 rings (SSSR count). The molecule has 9 nitrogen and oxygen atoms in total. The van der Waals surface area contributed by atoms with Crippen LogP contribution in [0.1, 0.15) is 46.8 Å². The largest absolute Gasteiger partial charge is 0.353 e. The number of carbonyl (C=O) groups is 1. The molecule has 3 fully saturated rings. The van der Waals surface area contributed by atoms with Crippen molar-refractivity contribution in [1.29, 1.82) is 0 Å². The lowest BCUT2D eigenvalue weighted by Crippen LogP contribution is -2.49. The molecule has 2 aromatic heterocycles. The monoisotopic (exact) mass is 442 g/mol. The minimum Gasteiger partial charge on any atom is -0.353 e. The zero-order valence-electron chi connectivity index (χ0n) is 17.6. The summed E-state index contributed by atoms with van der Waals surface area (Å²) in [6.45, 7) is 5.08. The number of aryl methyl sites for hydroxylation is 1. The Kier molecular flexibility index (Phi) is 5.04. The summed E-state index contributed by atoms with van der Waals surface area (Å²) < 4.78 is 25.3. The molecule has 3 aliphatic rings. The van der Waals surface area contributed by atoms with E-state index in [1.165, 1.54) is 28.3 Å². The van der Waals surface area contributed by atoms with Crippen LogP contribution < -0.4 is 9.21 Å². The lowest BCUT2D eigenvalue weighted by Gasteiger charge is -2.36. The van der Waals surface area contributed by atoms with E-state index in [0.717, 1.165) is 5.82 Å². The summed E-state index contributed by atoms with van der Waals surface area (Å²) in [6, 6.07) is 5.37. The molecule has 0 unspecified atom stereocenters. The average molecular weight is 443 g/mol. The smallest absolute Gasteiger partial charge is 0.274 e. The van der Waals surface area contributed by atoms with Gasteiger partial charge in [0.1, 0.15) is 5.82 Å². The Morgan fingerprint density at radius 2 is 1.84 bits per heavy atom. The average Bonchev–Trinajstić information content (AvgIpc) is 3.56. The van der Waals surface area contributed by atoms with Crippen molar-refractivity contribution in [2.45, 2.75) is 32.1 Å². The van der Waals surface area contributed by atoms with Gasteiger partial charge in [-0.05, 0) is 55.4 Å². The van der Waals surface area contributed by atoms with Gasteiger partial charge in [0, 0.05) is 38.9 Å². The third-order valence-electron chi connectivity index (χ3n) is 6.21. The molecule has 31 heavy (non-hydrogen) atoms. The molecular weight excluding hydrogens is 416 g/mol. The summed E-state index contributed by atoms with van der Waals surface area (Å²) >= 11 is 0. The molecule has 1 amide bonds. The second-order valence-corrected chi connectivity index (χ2v) is 10.5. The quantitative estimate of drug-likeness (QED) is 0.708. The van der Waals surface area contributed by atoms with Crippen molar-refractivity contribution >= 4 is 27.6 Å². The maximum absolute atomic E-state index is 12.9. The van der Waals surface area contributed by atoms with Gasteiger partial charge in [0.25, 0.3) is 5.91 Å². The number of carbonyl (C=O) groups excluding carboxylic acids is 1. The van der Waals surface area contributed by atoms with E-state index in [9.17, 15) is 13.2 Å². The lowest BCUT2D eigenvalue weighted by molar-refractivity contribution is 0.0739. The Morgan fingerprint density at radius 1 is 1.06 bits per heavy atom. The van der Waals surface area contributed by atoms with E-state index in [1.54, 1.807) is 17.0 Å². The fourth-order valence-electron chi connectivity index (χ4n) is 4.31. The number of nitrogens with zero attached hydrogens (tertiary/aromatic N) is 6. The molecule has 0 radical (unpaired) electrons. The maximum atomic E-state index is 12.9. The molecule has 0 atom stereocenters. The summed E-state index contributed by atoms with van der Waals surface area (Å²) in [5.41, 5.74) is 2.75. The van der Waals surface area contributed by atoms with Crippen molar-refractivity contribution in [3.8, 4) is 0 Å². The number of anilines is 2. The molecule has 4 heterocycles. The van der Waals surface area contributed by atoms with Gasteiger partial charge < -0.3 is 9.80 Å². The van der Waals surface area contributed by atoms with Gasteiger partial charge in [0.05, 0.1) is 5.75 Å². The van der Waals surface area contributed by atoms with Crippen LogP contribution in [0.25, 0.3) is 0 Å². The zero-order chi connectivity index (χ0) is 21.6. The molecule has 1 saturated carbocycles. The van der Waals surface area contributed by atoms with Crippen molar-refractivity contribution in [3.05, 3.63) is 41.2 Å². The molecule has 164 valence electrons. The number of pyridine rings is 1. The molecule has 0 bridgehead atoms. The van der Waals surface area contributed by atoms with Gasteiger partial charge >= 0.3 is 0 Å². The van der Waals surface area contributed by atoms with E-state index < -0.39 is 10.0 Å². The topological polar surface area (TPSA) is 99.6 Å². The highest BCUT2D eigenvalue weighted by atomic mass is 32.2. The minimum absolute atomic E-state index is 0.122. The van der Waals surface area contributed by atoms with Crippen LogP contribution >= 0.6 is 0 Å². The van der Waals surface area contributed by atoms with Gasteiger partial charge in [0.15, 0.2) is 11.5 Å². The summed E-state index contributed by atoms with van der Waals surface area (Å²) in [7, 11) is -3.31.